The SMILES string of the molecule is Cc1ccccc1CN(C(=O)C1CCCC1)c1ccc(CC(=O)N(C)Cc2ccccc2)cc1. The van der Waals surface area contributed by atoms with Gasteiger partial charge in [-0.05, 0) is 54.2 Å². The summed E-state index contributed by atoms with van der Waals surface area (Å²) in [5.41, 5.74) is 5.32. The quantitative estimate of drug-likeness (QED) is 0.424. The highest BCUT2D eigenvalue weighted by molar-refractivity contribution is 5.95. The Morgan fingerprint density at radius 2 is 1.44 bits per heavy atom. The molecule has 1 fully saturated rings. The molecule has 0 saturated heterocycles. The molecular formula is C30H34N2O2. The normalized spacial score (nSPS) is 13.6. The van der Waals surface area contributed by atoms with E-state index in [1.54, 1.807) is 4.90 Å². The van der Waals surface area contributed by atoms with E-state index < -0.39 is 0 Å². The zero-order valence-corrected chi connectivity index (χ0v) is 20.2. The second-order valence-electron chi connectivity index (χ2n) is 9.41. The lowest BCUT2D eigenvalue weighted by atomic mass is 10.0. The fourth-order valence-electron chi connectivity index (χ4n) is 4.70. The third kappa shape index (κ3) is 5.93. The summed E-state index contributed by atoms with van der Waals surface area (Å²) in [5.74, 6) is 0.402. The Balaban J connectivity index is 1.47. The maximum absolute atomic E-state index is 13.5. The average Bonchev–Trinajstić information content (AvgIpc) is 3.39. The molecule has 0 radical (unpaired) electrons. The fraction of sp³-hybridized carbons (Fsp3) is 0.333. The minimum Gasteiger partial charge on any atom is -0.341 e. The number of rotatable bonds is 8. The van der Waals surface area contributed by atoms with Crippen LogP contribution in [0.2, 0.25) is 0 Å². The predicted octanol–water partition coefficient (Wildman–Crippen LogP) is 5.92. The molecule has 0 aromatic heterocycles. The van der Waals surface area contributed by atoms with Crippen molar-refractivity contribution in [3.8, 4) is 0 Å². The topological polar surface area (TPSA) is 40.6 Å². The maximum Gasteiger partial charge on any atom is 0.230 e. The van der Waals surface area contributed by atoms with Crippen molar-refractivity contribution in [3.05, 3.63) is 101 Å². The minimum atomic E-state index is 0.0791. The van der Waals surface area contributed by atoms with Gasteiger partial charge in [-0.15, -0.1) is 0 Å². The summed E-state index contributed by atoms with van der Waals surface area (Å²) in [4.78, 5) is 29.9. The van der Waals surface area contributed by atoms with E-state index in [1.807, 2.05) is 78.7 Å². The van der Waals surface area contributed by atoms with Gasteiger partial charge >= 0.3 is 0 Å². The van der Waals surface area contributed by atoms with Crippen LogP contribution in [-0.4, -0.2) is 23.8 Å². The molecule has 34 heavy (non-hydrogen) atoms. The van der Waals surface area contributed by atoms with E-state index in [2.05, 4.69) is 19.1 Å². The van der Waals surface area contributed by atoms with Crippen molar-refractivity contribution in [2.75, 3.05) is 11.9 Å². The number of hydrogen-bond donors (Lipinski definition) is 0. The highest BCUT2D eigenvalue weighted by Crippen LogP contribution is 2.30. The van der Waals surface area contributed by atoms with Crippen LogP contribution in [0.5, 0.6) is 0 Å². The lowest BCUT2D eigenvalue weighted by molar-refractivity contribution is -0.129. The molecule has 4 nitrogen and oxygen atoms in total. The molecule has 0 heterocycles. The molecule has 176 valence electrons. The maximum atomic E-state index is 13.5. The predicted molar refractivity (Wildman–Crippen MR) is 137 cm³/mol. The van der Waals surface area contributed by atoms with E-state index in [4.69, 9.17) is 0 Å². The van der Waals surface area contributed by atoms with E-state index in [0.717, 1.165) is 48.1 Å². The third-order valence-corrected chi connectivity index (χ3v) is 6.85. The van der Waals surface area contributed by atoms with E-state index in [1.165, 1.54) is 5.56 Å². The van der Waals surface area contributed by atoms with Crippen LogP contribution in [0, 0.1) is 12.8 Å². The van der Waals surface area contributed by atoms with Gasteiger partial charge in [0.2, 0.25) is 11.8 Å². The Hall–Kier alpha value is -3.40. The van der Waals surface area contributed by atoms with Crippen LogP contribution >= 0.6 is 0 Å². The van der Waals surface area contributed by atoms with Crippen LogP contribution in [0.15, 0.2) is 78.9 Å². The second-order valence-corrected chi connectivity index (χ2v) is 9.41. The van der Waals surface area contributed by atoms with Gasteiger partial charge in [0, 0.05) is 25.2 Å². The number of likely N-dealkylation sites (N-methyl/N-ethyl adjacent to an activating group) is 1. The van der Waals surface area contributed by atoms with Crippen molar-refractivity contribution in [2.45, 2.75) is 52.1 Å². The number of hydrogen-bond acceptors (Lipinski definition) is 2. The zero-order chi connectivity index (χ0) is 23.9. The largest absolute Gasteiger partial charge is 0.341 e. The first-order chi connectivity index (χ1) is 16.5. The molecule has 0 bridgehead atoms. The van der Waals surface area contributed by atoms with Gasteiger partial charge in [-0.1, -0.05) is 79.6 Å². The Morgan fingerprint density at radius 1 is 0.794 bits per heavy atom. The first-order valence-corrected chi connectivity index (χ1v) is 12.2. The van der Waals surface area contributed by atoms with Gasteiger partial charge in [0.1, 0.15) is 0 Å². The fourth-order valence-corrected chi connectivity index (χ4v) is 4.70. The molecule has 4 rings (SSSR count). The molecule has 0 aliphatic heterocycles. The van der Waals surface area contributed by atoms with Crippen LogP contribution in [0.3, 0.4) is 0 Å². The first-order valence-electron chi connectivity index (χ1n) is 12.2. The second kappa shape index (κ2) is 11.1. The number of nitrogens with zero attached hydrogens (tertiary/aromatic N) is 2. The summed E-state index contributed by atoms with van der Waals surface area (Å²) in [5, 5.41) is 0. The van der Waals surface area contributed by atoms with Crippen molar-refractivity contribution in [1.82, 2.24) is 4.90 Å². The minimum absolute atomic E-state index is 0.0791. The number of anilines is 1. The van der Waals surface area contributed by atoms with E-state index in [-0.39, 0.29) is 17.7 Å². The van der Waals surface area contributed by atoms with E-state index in [9.17, 15) is 9.59 Å². The molecule has 3 aromatic carbocycles. The summed E-state index contributed by atoms with van der Waals surface area (Å²) >= 11 is 0. The Morgan fingerprint density at radius 3 is 2.12 bits per heavy atom. The number of aryl methyl sites for hydroxylation is 1. The molecule has 0 N–H and O–H groups in total. The molecule has 3 aromatic rings. The van der Waals surface area contributed by atoms with E-state index >= 15 is 0 Å². The monoisotopic (exact) mass is 454 g/mol. The van der Waals surface area contributed by atoms with Gasteiger partial charge in [0.25, 0.3) is 0 Å². The molecule has 1 aliphatic rings. The van der Waals surface area contributed by atoms with Gasteiger partial charge < -0.3 is 9.80 Å². The Bertz CT molecular complexity index is 1100. The van der Waals surface area contributed by atoms with Gasteiger partial charge in [0.15, 0.2) is 0 Å². The molecule has 4 heteroatoms. The number of carbonyl (C=O) groups excluding carboxylic acids is 2. The third-order valence-electron chi connectivity index (χ3n) is 6.85. The van der Waals surface area contributed by atoms with Gasteiger partial charge in [-0.25, -0.2) is 0 Å². The molecule has 2 amide bonds. The lowest BCUT2D eigenvalue weighted by Gasteiger charge is -2.27. The number of carbonyl (C=O) groups is 2. The summed E-state index contributed by atoms with van der Waals surface area (Å²) in [6, 6.07) is 26.2. The highest BCUT2D eigenvalue weighted by atomic mass is 16.2. The Kier molecular flexibility index (Phi) is 7.79. The molecule has 0 atom stereocenters. The lowest BCUT2D eigenvalue weighted by Crippen LogP contribution is -2.35. The molecule has 0 unspecified atom stereocenters. The molecule has 0 spiro atoms. The summed E-state index contributed by atoms with van der Waals surface area (Å²) in [6.07, 6.45) is 4.56. The van der Waals surface area contributed by atoms with Crippen LogP contribution in [-0.2, 0) is 29.1 Å². The van der Waals surface area contributed by atoms with Gasteiger partial charge in [-0.3, -0.25) is 9.59 Å². The molecule has 1 saturated carbocycles. The highest BCUT2D eigenvalue weighted by Gasteiger charge is 2.28. The van der Waals surface area contributed by atoms with Crippen LogP contribution in [0.4, 0.5) is 5.69 Å². The van der Waals surface area contributed by atoms with Crippen molar-refractivity contribution in [1.29, 1.82) is 0 Å². The standard InChI is InChI=1S/C30H34N2O2/c1-23-10-6-7-15-27(23)22-32(30(34)26-13-8-9-14-26)28-18-16-24(17-19-28)20-29(33)31(2)21-25-11-4-3-5-12-25/h3-7,10-12,15-19,26H,8-9,13-14,20-22H2,1-2H3. The average molecular weight is 455 g/mol. The van der Waals surface area contributed by atoms with Crippen LogP contribution in [0.25, 0.3) is 0 Å². The van der Waals surface area contributed by atoms with Crippen molar-refractivity contribution in [3.63, 3.8) is 0 Å². The Labute approximate surface area is 203 Å². The van der Waals surface area contributed by atoms with Crippen molar-refractivity contribution >= 4 is 17.5 Å². The van der Waals surface area contributed by atoms with Crippen molar-refractivity contribution in [2.24, 2.45) is 5.92 Å². The molecular weight excluding hydrogens is 420 g/mol. The smallest absolute Gasteiger partial charge is 0.230 e. The number of amides is 2. The van der Waals surface area contributed by atoms with Gasteiger partial charge in [0.05, 0.1) is 13.0 Å². The molecule has 1 aliphatic carbocycles. The summed E-state index contributed by atoms with van der Waals surface area (Å²) in [6.45, 7) is 3.26. The van der Waals surface area contributed by atoms with E-state index in [0.29, 0.717) is 19.5 Å². The first kappa shape index (κ1) is 23.7. The number of benzene rings is 3. The zero-order valence-electron chi connectivity index (χ0n) is 20.2. The summed E-state index contributed by atoms with van der Waals surface area (Å²) in [7, 11) is 1.84. The summed E-state index contributed by atoms with van der Waals surface area (Å²) < 4.78 is 0. The van der Waals surface area contributed by atoms with Crippen LogP contribution in [0.1, 0.15) is 47.9 Å². The van der Waals surface area contributed by atoms with Gasteiger partial charge in [-0.2, -0.15) is 0 Å². The van der Waals surface area contributed by atoms with Crippen LogP contribution < -0.4 is 4.90 Å². The van der Waals surface area contributed by atoms with Crippen molar-refractivity contribution < 1.29 is 9.59 Å².